The Hall–Kier alpha value is -1.19. The van der Waals surface area contributed by atoms with Crippen molar-refractivity contribution in [3.05, 3.63) is 68.4 Å². The summed E-state index contributed by atoms with van der Waals surface area (Å²) in [5, 5.41) is 0.573. The lowest BCUT2D eigenvalue weighted by Gasteiger charge is -2.08. The van der Waals surface area contributed by atoms with E-state index in [9.17, 15) is 9.18 Å². The van der Waals surface area contributed by atoms with E-state index in [2.05, 4.69) is 15.9 Å². The molecule has 0 bridgehead atoms. The van der Waals surface area contributed by atoms with Crippen molar-refractivity contribution in [2.75, 3.05) is 0 Å². The van der Waals surface area contributed by atoms with E-state index in [-0.39, 0.29) is 18.0 Å². The maximum absolute atomic E-state index is 13.0. The third-order valence-electron chi connectivity index (χ3n) is 2.93. The fourth-order valence-corrected chi connectivity index (χ4v) is 2.51. The van der Waals surface area contributed by atoms with Gasteiger partial charge in [0.15, 0.2) is 5.78 Å². The van der Waals surface area contributed by atoms with E-state index in [1.807, 2.05) is 6.92 Å². The van der Waals surface area contributed by atoms with Crippen LogP contribution in [0.25, 0.3) is 0 Å². The van der Waals surface area contributed by atoms with Crippen molar-refractivity contribution >= 4 is 33.3 Å². The number of hydrogen-bond donors (Lipinski definition) is 0. The second kappa shape index (κ2) is 5.85. The van der Waals surface area contributed by atoms with Crippen LogP contribution in [-0.4, -0.2) is 5.78 Å². The van der Waals surface area contributed by atoms with Crippen molar-refractivity contribution in [1.29, 1.82) is 0 Å². The highest BCUT2D eigenvalue weighted by molar-refractivity contribution is 9.10. The molecule has 19 heavy (non-hydrogen) atoms. The van der Waals surface area contributed by atoms with Gasteiger partial charge in [0.2, 0.25) is 0 Å². The van der Waals surface area contributed by atoms with E-state index >= 15 is 0 Å². The van der Waals surface area contributed by atoms with Gasteiger partial charge in [-0.05, 0) is 36.2 Å². The molecule has 0 saturated heterocycles. The van der Waals surface area contributed by atoms with Crippen LogP contribution in [0.4, 0.5) is 4.39 Å². The molecule has 1 nitrogen and oxygen atoms in total. The fraction of sp³-hybridized carbons (Fsp3) is 0.133. The largest absolute Gasteiger partial charge is 0.294 e. The van der Waals surface area contributed by atoms with E-state index in [1.54, 1.807) is 24.3 Å². The number of Topliss-reactive ketones (excluding diaryl/α,β-unsaturated/α-hetero) is 1. The summed E-state index contributed by atoms with van der Waals surface area (Å²) < 4.78 is 13.6. The zero-order chi connectivity index (χ0) is 14.0. The van der Waals surface area contributed by atoms with Crippen molar-refractivity contribution in [2.24, 2.45) is 0 Å². The smallest absolute Gasteiger partial charge is 0.167 e. The molecule has 0 aliphatic carbocycles. The van der Waals surface area contributed by atoms with E-state index in [0.29, 0.717) is 15.1 Å². The number of carbonyl (C=O) groups is 1. The van der Waals surface area contributed by atoms with Gasteiger partial charge < -0.3 is 0 Å². The topological polar surface area (TPSA) is 17.1 Å². The quantitative estimate of drug-likeness (QED) is 0.720. The lowest BCUT2D eigenvalue weighted by Crippen LogP contribution is -2.06. The first-order valence-electron chi connectivity index (χ1n) is 5.71. The number of carbonyl (C=O) groups excluding carboxylic acids is 1. The van der Waals surface area contributed by atoms with E-state index in [1.165, 1.54) is 12.1 Å². The van der Waals surface area contributed by atoms with Gasteiger partial charge in [0.05, 0.1) is 0 Å². The first-order valence-corrected chi connectivity index (χ1v) is 6.88. The van der Waals surface area contributed by atoms with Gasteiger partial charge in [-0.2, -0.15) is 0 Å². The van der Waals surface area contributed by atoms with Gasteiger partial charge in [-0.25, -0.2) is 4.39 Å². The SMILES string of the molecule is Cc1c(Cl)cccc1C(=O)Cc1ccc(F)cc1Br. The highest BCUT2D eigenvalue weighted by atomic mass is 79.9. The first kappa shape index (κ1) is 14.2. The van der Waals surface area contributed by atoms with Gasteiger partial charge >= 0.3 is 0 Å². The van der Waals surface area contributed by atoms with Gasteiger partial charge in [-0.15, -0.1) is 0 Å². The number of rotatable bonds is 3. The maximum atomic E-state index is 13.0. The van der Waals surface area contributed by atoms with Crippen LogP contribution in [0.1, 0.15) is 21.5 Å². The Bertz CT molecular complexity index is 640. The molecule has 98 valence electrons. The summed E-state index contributed by atoms with van der Waals surface area (Å²) in [6, 6.07) is 9.56. The maximum Gasteiger partial charge on any atom is 0.167 e. The molecule has 0 radical (unpaired) electrons. The molecule has 0 atom stereocenters. The molecule has 0 aromatic heterocycles. The van der Waals surface area contributed by atoms with Crippen LogP contribution in [0, 0.1) is 12.7 Å². The summed E-state index contributed by atoms with van der Waals surface area (Å²) in [6.45, 7) is 1.81. The van der Waals surface area contributed by atoms with E-state index in [0.717, 1.165) is 11.1 Å². The predicted molar refractivity (Wildman–Crippen MR) is 78.3 cm³/mol. The summed E-state index contributed by atoms with van der Waals surface area (Å²) in [5.74, 6) is -0.366. The lowest BCUT2D eigenvalue weighted by molar-refractivity contribution is 0.0992. The lowest BCUT2D eigenvalue weighted by atomic mass is 9.99. The van der Waals surface area contributed by atoms with Crippen LogP contribution >= 0.6 is 27.5 Å². The molecule has 2 aromatic rings. The molecule has 0 heterocycles. The van der Waals surface area contributed by atoms with Crippen LogP contribution in [0.2, 0.25) is 5.02 Å². The van der Waals surface area contributed by atoms with Crippen LogP contribution < -0.4 is 0 Å². The molecule has 2 rings (SSSR count). The zero-order valence-electron chi connectivity index (χ0n) is 10.2. The summed E-state index contributed by atoms with van der Waals surface area (Å²) in [4.78, 5) is 12.3. The second-order valence-corrected chi connectivity index (χ2v) is 5.51. The van der Waals surface area contributed by atoms with Crippen molar-refractivity contribution in [3.8, 4) is 0 Å². The zero-order valence-corrected chi connectivity index (χ0v) is 12.6. The van der Waals surface area contributed by atoms with Gasteiger partial charge in [0, 0.05) is 21.5 Å². The minimum Gasteiger partial charge on any atom is -0.294 e. The Morgan fingerprint density at radius 2 is 2.05 bits per heavy atom. The molecule has 0 aliphatic rings. The van der Waals surface area contributed by atoms with Gasteiger partial charge in [-0.3, -0.25) is 4.79 Å². The molecule has 0 unspecified atom stereocenters. The Morgan fingerprint density at radius 3 is 2.74 bits per heavy atom. The summed E-state index contributed by atoms with van der Waals surface area (Å²) in [6.07, 6.45) is 0.210. The first-order chi connectivity index (χ1) is 8.99. The average molecular weight is 342 g/mol. The molecular formula is C15H11BrClFO. The minimum atomic E-state index is -0.331. The fourth-order valence-electron chi connectivity index (χ4n) is 1.84. The number of hydrogen-bond acceptors (Lipinski definition) is 1. The highest BCUT2D eigenvalue weighted by Gasteiger charge is 2.13. The monoisotopic (exact) mass is 340 g/mol. The van der Waals surface area contributed by atoms with Crippen molar-refractivity contribution in [1.82, 2.24) is 0 Å². The van der Waals surface area contributed by atoms with Crippen molar-refractivity contribution in [3.63, 3.8) is 0 Å². The number of benzene rings is 2. The van der Waals surface area contributed by atoms with Gasteiger partial charge in [0.25, 0.3) is 0 Å². The summed E-state index contributed by atoms with van der Waals surface area (Å²) in [7, 11) is 0. The molecule has 4 heteroatoms. The molecular weight excluding hydrogens is 331 g/mol. The Labute approximate surface area is 124 Å². The molecule has 0 amide bonds. The highest BCUT2D eigenvalue weighted by Crippen LogP contribution is 2.23. The summed E-state index contributed by atoms with van der Waals surface area (Å²) >= 11 is 9.26. The molecule has 0 aliphatic heterocycles. The third-order valence-corrected chi connectivity index (χ3v) is 4.08. The molecule has 0 fully saturated rings. The molecule has 0 N–H and O–H groups in total. The van der Waals surface area contributed by atoms with Gasteiger partial charge in [-0.1, -0.05) is 45.7 Å². The van der Waals surface area contributed by atoms with Crippen LogP contribution in [0.5, 0.6) is 0 Å². The number of ketones is 1. The van der Waals surface area contributed by atoms with Crippen LogP contribution in [-0.2, 0) is 6.42 Å². The van der Waals surface area contributed by atoms with Gasteiger partial charge in [0.1, 0.15) is 5.82 Å². The Kier molecular flexibility index (Phi) is 4.38. The summed E-state index contributed by atoms with van der Waals surface area (Å²) in [5.41, 5.74) is 2.13. The molecule has 0 spiro atoms. The van der Waals surface area contributed by atoms with Crippen molar-refractivity contribution < 1.29 is 9.18 Å². The van der Waals surface area contributed by atoms with E-state index in [4.69, 9.17) is 11.6 Å². The van der Waals surface area contributed by atoms with Crippen LogP contribution in [0.15, 0.2) is 40.9 Å². The average Bonchev–Trinajstić information content (AvgIpc) is 2.36. The van der Waals surface area contributed by atoms with E-state index < -0.39 is 0 Å². The predicted octanol–water partition coefficient (Wildman–Crippen LogP) is 4.98. The third kappa shape index (κ3) is 3.23. The molecule has 2 aromatic carbocycles. The van der Waals surface area contributed by atoms with Crippen molar-refractivity contribution in [2.45, 2.75) is 13.3 Å². The Morgan fingerprint density at radius 1 is 1.32 bits per heavy atom. The molecule has 0 saturated carbocycles. The standard InChI is InChI=1S/C15H11BrClFO/c1-9-12(3-2-4-14(9)17)15(19)7-10-5-6-11(18)8-13(10)16/h2-6,8H,7H2,1H3. The number of halogens is 3. The minimum absolute atomic E-state index is 0.0349. The Balaban J connectivity index is 2.28. The normalized spacial score (nSPS) is 10.5. The second-order valence-electron chi connectivity index (χ2n) is 4.25. The van der Waals surface area contributed by atoms with Crippen LogP contribution in [0.3, 0.4) is 0 Å².